The van der Waals surface area contributed by atoms with Gasteiger partial charge in [-0.15, -0.1) is 0 Å². The van der Waals surface area contributed by atoms with Crippen LogP contribution < -0.4 is 15.5 Å². The molecule has 1 aliphatic heterocycles. The predicted molar refractivity (Wildman–Crippen MR) is 141 cm³/mol. The molecule has 0 aliphatic carbocycles. The van der Waals surface area contributed by atoms with Crippen LogP contribution in [0.5, 0.6) is 0 Å². The van der Waals surface area contributed by atoms with Crippen molar-refractivity contribution in [2.75, 3.05) is 41.7 Å². The van der Waals surface area contributed by atoms with Crippen LogP contribution in [0.15, 0.2) is 60.8 Å². The maximum atomic E-state index is 12.8. The SMILES string of the molecule is CC(=O)N1CCN(c2ccc(NC(=O)n3nccc3NC(=O)c3ccc(C(C)(C)C)cc3)cc2)CC1. The van der Waals surface area contributed by atoms with Crippen LogP contribution in [0.25, 0.3) is 0 Å². The van der Waals surface area contributed by atoms with E-state index in [4.69, 9.17) is 0 Å². The number of carbonyl (C=O) groups is 3. The molecule has 0 radical (unpaired) electrons. The van der Waals surface area contributed by atoms with E-state index in [0.717, 1.165) is 29.0 Å². The first-order valence-corrected chi connectivity index (χ1v) is 12.0. The van der Waals surface area contributed by atoms with Gasteiger partial charge in [-0.25, -0.2) is 4.79 Å². The smallest absolute Gasteiger partial charge is 0.348 e. The number of benzene rings is 2. The van der Waals surface area contributed by atoms with E-state index < -0.39 is 6.03 Å². The second-order valence-corrected chi connectivity index (χ2v) is 9.88. The van der Waals surface area contributed by atoms with Crippen molar-refractivity contribution in [1.29, 1.82) is 0 Å². The summed E-state index contributed by atoms with van der Waals surface area (Å²) in [7, 11) is 0. The number of amides is 3. The maximum Gasteiger partial charge on any atom is 0.348 e. The highest BCUT2D eigenvalue weighted by molar-refractivity contribution is 6.05. The average Bonchev–Trinajstić information content (AvgIpc) is 3.32. The molecule has 0 saturated carbocycles. The van der Waals surface area contributed by atoms with E-state index in [2.05, 4.69) is 41.4 Å². The van der Waals surface area contributed by atoms with Crippen molar-refractivity contribution in [3.05, 3.63) is 71.9 Å². The normalized spacial score (nSPS) is 13.9. The maximum absolute atomic E-state index is 12.8. The van der Waals surface area contributed by atoms with E-state index in [1.54, 1.807) is 25.1 Å². The number of nitrogens with zero attached hydrogens (tertiary/aromatic N) is 4. The minimum atomic E-state index is -0.485. The van der Waals surface area contributed by atoms with E-state index in [0.29, 0.717) is 24.3 Å². The lowest BCUT2D eigenvalue weighted by molar-refractivity contribution is -0.129. The van der Waals surface area contributed by atoms with Crippen LogP contribution in [-0.4, -0.2) is 58.7 Å². The molecule has 2 aromatic carbocycles. The minimum Gasteiger partial charge on any atom is -0.368 e. The van der Waals surface area contributed by atoms with Crippen molar-refractivity contribution in [3.63, 3.8) is 0 Å². The second kappa shape index (κ2) is 10.2. The zero-order valence-electron chi connectivity index (χ0n) is 21.1. The van der Waals surface area contributed by atoms with Crippen LogP contribution in [0.2, 0.25) is 0 Å². The first kappa shape index (κ1) is 25.0. The van der Waals surface area contributed by atoms with Gasteiger partial charge >= 0.3 is 6.03 Å². The number of rotatable bonds is 4. The van der Waals surface area contributed by atoms with E-state index >= 15 is 0 Å². The lowest BCUT2D eigenvalue weighted by Gasteiger charge is -2.35. The number of aromatic nitrogens is 2. The van der Waals surface area contributed by atoms with Crippen molar-refractivity contribution < 1.29 is 14.4 Å². The Morgan fingerprint density at radius 1 is 0.833 bits per heavy atom. The molecule has 3 aromatic rings. The van der Waals surface area contributed by atoms with E-state index in [1.807, 2.05) is 41.3 Å². The summed E-state index contributed by atoms with van der Waals surface area (Å²) in [6.07, 6.45) is 1.46. The summed E-state index contributed by atoms with van der Waals surface area (Å²) >= 11 is 0. The average molecular weight is 489 g/mol. The molecule has 2 heterocycles. The van der Waals surface area contributed by atoms with Gasteiger partial charge in [0, 0.05) is 56.1 Å². The number of anilines is 3. The molecule has 1 aromatic heterocycles. The van der Waals surface area contributed by atoms with Gasteiger partial charge in [0.1, 0.15) is 5.82 Å². The van der Waals surface area contributed by atoms with Gasteiger partial charge in [-0.05, 0) is 47.4 Å². The number of carbonyl (C=O) groups excluding carboxylic acids is 3. The van der Waals surface area contributed by atoms with Crippen molar-refractivity contribution in [2.24, 2.45) is 0 Å². The Labute approximate surface area is 211 Å². The number of hydrogen-bond acceptors (Lipinski definition) is 5. The summed E-state index contributed by atoms with van der Waals surface area (Å²) in [5, 5.41) is 9.64. The Morgan fingerprint density at radius 2 is 1.47 bits per heavy atom. The Kier molecular flexibility index (Phi) is 7.10. The topological polar surface area (TPSA) is 99.6 Å². The molecule has 1 fully saturated rings. The summed E-state index contributed by atoms with van der Waals surface area (Å²) in [6, 6.07) is 16.0. The molecule has 1 aliphatic rings. The molecule has 188 valence electrons. The molecule has 0 spiro atoms. The van der Waals surface area contributed by atoms with Crippen LogP contribution in [0, 0.1) is 0 Å². The van der Waals surface area contributed by atoms with Crippen LogP contribution in [0.4, 0.5) is 22.0 Å². The van der Waals surface area contributed by atoms with Gasteiger partial charge in [0.2, 0.25) is 5.91 Å². The molecule has 1 saturated heterocycles. The molecule has 0 atom stereocenters. The standard InChI is InChI=1S/C27H32N6O3/c1-19(34)31-15-17-32(18-16-31)23-11-9-22(10-12-23)29-26(36)33-24(13-14-28-33)30-25(35)20-5-7-21(8-6-20)27(2,3)4/h5-14H,15-18H2,1-4H3,(H,29,36)(H,30,35). The van der Waals surface area contributed by atoms with E-state index in [9.17, 15) is 14.4 Å². The van der Waals surface area contributed by atoms with Gasteiger partial charge in [-0.3, -0.25) is 9.59 Å². The molecule has 0 bridgehead atoms. The van der Waals surface area contributed by atoms with Crippen molar-refractivity contribution in [2.45, 2.75) is 33.1 Å². The zero-order chi connectivity index (χ0) is 25.9. The van der Waals surface area contributed by atoms with Crippen LogP contribution in [-0.2, 0) is 10.2 Å². The van der Waals surface area contributed by atoms with Gasteiger partial charge in [0.15, 0.2) is 0 Å². The number of hydrogen-bond donors (Lipinski definition) is 2. The van der Waals surface area contributed by atoms with E-state index in [-0.39, 0.29) is 23.0 Å². The Hall–Kier alpha value is -4.14. The third-order valence-corrected chi connectivity index (χ3v) is 6.30. The Bertz CT molecular complexity index is 1230. The van der Waals surface area contributed by atoms with Crippen molar-refractivity contribution >= 4 is 35.0 Å². The summed E-state index contributed by atoms with van der Waals surface area (Å²) in [5.74, 6) is 0.0527. The fourth-order valence-corrected chi connectivity index (χ4v) is 4.08. The summed E-state index contributed by atoms with van der Waals surface area (Å²) in [6.45, 7) is 10.9. The molecule has 2 N–H and O–H groups in total. The molecule has 9 nitrogen and oxygen atoms in total. The van der Waals surface area contributed by atoms with Gasteiger partial charge in [0.05, 0.1) is 6.20 Å². The van der Waals surface area contributed by atoms with Crippen molar-refractivity contribution in [1.82, 2.24) is 14.7 Å². The molecular weight excluding hydrogens is 456 g/mol. The molecular formula is C27H32N6O3. The Balaban J connectivity index is 1.37. The molecule has 3 amide bonds. The zero-order valence-corrected chi connectivity index (χ0v) is 21.1. The van der Waals surface area contributed by atoms with Gasteiger partial charge in [-0.2, -0.15) is 9.78 Å². The molecule has 36 heavy (non-hydrogen) atoms. The Morgan fingerprint density at radius 3 is 2.06 bits per heavy atom. The first-order chi connectivity index (χ1) is 17.1. The summed E-state index contributed by atoms with van der Waals surface area (Å²) in [4.78, 5) is 41.2. The monoisotopic (exact) mass is 488 g/mol. The second-order valence-electron chi connectivity index (χ2n) is 9.88. The molecule has 9 heteroatoms. The van der Waals surface area contributed by atoms with Gasteiger partial charge in [0.25, 0.3) is 5.91 Å². The molecule has 4 rings (SSSR count). The van der Waals surface area contributed by atoms with Crippen LogP contribution in [0.3, 0.4) is 0 Å². The van der Waals surface area contributed by atoms with Crippen LogP contribution in [0.1, 0.15) is 43.6 Å². The highest BCUT2D eigenvalue weighted by Crippen LogP contribution is 2.23. The molecule has 0 unspecified atom stereocenters. The highest BCUT2D eigenvalue weighted by Gasteiger charge is 2.20. The lowest BCUT2D eigenvalue weighted by atomic mass is 9.87. The third-order valence-electron chi connectivity index (χ3n) is 6.30. The fourth-order valence-electron chi connectivity index (χ4n) is 4.08. The minimum absolute atomic E-state index is 0.00556. The number of nitrogens with one attached hydrogen (secondary N) is 2. The predicted octanol–water partition coefficient (Wildman–Crippen LogP) is 4.18. The fraction of sp³-hybridized carbons (Fsp3) is 0.333. The largest absolute Gasteiger partial charge is 0.368 e. The summed E-state index contributed by atoms with van der Waals surface area (Å²) in [5.41, 5.74) is 3.26. The third kappa shape index (κ3) is 5.73. The lowest BCUT2D eigenvalue weighted by Crippen LogP contribution is -2.48. The number of piperazine rings is 1. The quantitative estimate of drug-likeness (QED) is 0.574. The van der Waals surface area contributed by atoms with Gasteiger partial charge < -0.3 is 20.4 Å². The van der Waals surface area contributed by atoms with Crippen LogP contribution >= 0.6 is 0 Å². The summed E-state index contributed by atoms with van der Waals surface area (Å²) < 4.78 is 1.12. The first-order valence-electron chi connectivity index (χ1n) is 12.0. The van der Waals surface area contributed by atoms with Gasteiger partial charge in [-0.1, -0.05) is 32.9 Å². The van der Waals surface area contributed by atoms with Crippen molar-refractivity contribution in [3.8, 4) is 0 Å². The highest BCUT2D eigenvalue weighted by atomic mass is 16.2. The van der Waals surface area contributed by atoms with E-state index in [1.165, 1.54) is 6.20 Å².